The Bertz CT molecular complexity index is 426. The van der Waals surface area contributed by atoms with E-state index in [2.05, 4.69) is 22.4 Å². The summed E-state index contributed by atoms with van der Waals surface area (Å²) < 4.78 is 1.83. The van der Waals surface area contributed by atoms with Gasteiger partial charge in [-0.1, -0.05) is 18.7 Å². The quantitative estimate of drug-likeness (QED) is 0.858. The average Bonchev–Trinajstić information content (AvgIpc) is 2.78. The lowest BCUT2D eigenvalue weighted by Gasteiger charge is -2.27. The number of hydrogen-bond donors (Lipinski definition) is 1. The predicted octanol–water partition coefficient (Wildman–Crippen LogP) is 1.99. The van der Waals surface area contributed by atoms with Gasteiger partial charge in [-0.15, -0.1) is 10.2 Å². The summed E-state index contributed by atoms with van der Waals surface area (Å²) in [6.45, 7) is 4.20. The summed E-state index contributed by atoms with van der Waals surface area (Å²) >= 11 is 1.45. The van der Waals surface area contributed by atoms with Crippen molar-refractivity contribution >= 4 is 17.7 Å². The predicted molar refractivity (Wildman–Crippen MR) is 75.9 cm³/mol. The second-order valence-corrected chi connectivity index (χ2v) is 6.76. The summed E-state index contributed by atoms with van der Waals surface area (Å²) in [4.78, 5) is 12.1. The van der Waals surface area contributed by atoms with Gasteiger partial charge in [0.05, 0.1) is 5.25 Å². The summed E-state index contributed by atoms with van der Waals surface area (Å²) in [5.41, 5.74) is 0. The fourth-order valence-corrected chi connectivity index (χ4v) is 3.11. The summed E-state index contributed by atoms with van der Waals surface area (Å²) in [7, 11) is 1.88. The molecule has 1 N–H and O–H groups in total. The van der Waals surface area contributed by atoms with Crippen LogP contribution in [0.3, 0.4) is 0 Å². The SMILES string of the molecule is CC1CCC(NC(=O)C(C)Sc2nncn2C)CC1. The number of nitrogens with zero attached hydrogens (tertiary/aromatic N) is 3. The molecule has 0 radical (unpaired) electrons. The van der Waals surface area contributed by atoms with Crippen molar-refractivity contribution in [3.8, 4) is 0 Å². The molecule has 0 bridgehead atoms. The summed E-state index contributed by atoms with van der Waals surface area (Å²) in [6.07, 6.45) is 6.30. The highest BCUT2D eigenvalue weighted by molar-refractivity contribution is 8.00. The fourth-order valence-electron chi connectivity index (χ4n) is 2.31. The van der Waals surface area contributed by atoms with Crippen molar-refractivity contribution in [3.05, 3.63) is 6.33 Å². The van der Waals surface area contributed by atoms with Gasteiger partial charge in [-0.2, -0.15) is 0 Å². The summed E-state index contributed by atoms with van der Waals surface area (Å²) in [5, 5.41) is 11.6. The molecule has 1 saturated carbocycles. The number of aryl methyl sites for hydroxylation is 1. The molecule has 19 heavy (non-hydrogen) atoms. The number of hydrogen-bond acceptors (Lipinski definition) is 4. The molecule has 1 heterocycles. The summed E-state index contributed by atoms with van der Waals surface area (Å²) in [6, 6.07) is 0.353. The molecular weight excluding hydrogens is 260 g/mol. The van der Waals surface area contributed by atoms with Crippen LogP contribution in [0.5, 0.6) is 0 Å². The van der Waals surface area contributed by atoms with Crippen molar-refractivity contribution in [1.82, 2.24) is 20.1 Å². The molecule has 1 fully saturated rings. The van der Waals surface area contributed by atoms with Gasteiger partial charge in [0.1, 0.15) is 6.33 Å². The van der Waals surface area contributed by atoms with Gasteiger partial charge in [-0.25, -0.2) is 0 Å². The van der Waals surface area contributed by atoms with Gasteiger partial charge in [0.25, 0.3) is 0 Å². The van der Waals surface area contributed by atoms with Crippen LogP contribution in [0.2, 0.25) is 0 Å². The van der Waals surface area contributed by atoms with Crippen LogP contribution < -0.4 is 5.32 Å². The smallest absolute Gasteiger partial charge is 0.233 e. The third kappa shape index (κ3) is 3.96. The molecule has 1 aromatic heterocycles. The highest BCUT2D eigenvalue weighted by Gasteiger charge is 2.23. The van der Waals surface area contributed by atoms with E-state index in [0.717, 1.165) is 23.9 Å². The Morgan fingerprint density at radius 1 is 1.47 bits per heavy atom. The van der Waals surface area contributed by atoms with Gasteiger partial charge < -0.3 is 9.88 Å². The lowest BCUT2D eigenvalue weighted by atomic mass is 9.87. The Hall–Kier alpha value is -1.04. The van der Waals surface area contributed by atoms with E-state index >= 15 is 0 Å². The van der Waals surface area contributed by atoms with E-state index in [-0.39, 0.29) is 11.2 Å². The highest BCUT2D eigenvalue weighted by atomic mass is 32.2. The van der Waals surface area contributed by atoms with Gasteiger partial charge in [0, 0.05) is 13.1 Å². The Kier molecular flexibility index (Phi) is 4.85. The minimum absolute atomic E-state index is 0.104. The first kappa shape index (κ1) is 14.4. The van der Waals surface area contributed by atoms with E-state index in [1.54, 1.807) is 6.33 Å². The van der Waals surface area contributed by atoms with Crippen LogP contribution in [0, 0.1) is 5.92 Å². The van der Waals surface area contributed by atoms with Crippen LogP contribution in [0.15, 0.2) is 11.5 Å². The Balaban J connectivity index is 1.81. The van der Waals surface area contributed by atoms with Gasteiger partial charge in [0.2, 0.25) is 5.91 Å². The van der Waals surface area contributed by atoms with Crippen LogP contribution in [0.1, 0.15) is 39.5 Å². The first-order valence-corrected chi connectivity index (χ1v) is 7.75. The molecule has 1 aliphatic rings. The maximum Gasteiger partial charge on any atom is 0.233 e. The number of amides is 1. The molecule has 2 rings (SSSR count). The van der Waals surface area contributed by atoms with Crippen LogP contribution in [0.4, 0.5) is 0 Å². The van der Waals surface area contributed by atoms with Gasteiger partial charge in [0.15, 0.2) is 5.16 Å². The third-order valence-corrected chi connectivity index (χ3v) is 4.83. The number of rotatable bonds is 4. The lowest BCUT2D eigenvalue weighted by Crippen LogP contribution is -2.41. The van der Waals surface area contributed by atoms with Crippen LogP contribution in [-0.4, -0.2) is 32.0 Å². The molecule has 1 amide bonds. The third-order valence-electron chi connectivity index (χ3n) is 3.68. The molecule has 0 aliphatic heterocycles. The molecule has 106 valence electrons. The van der Waals surface area contributed by atoms with Crippen LogP contribution in [0.25, 0.3) is 0 Å². The first-order valence-electron chi connectivity index (χ1n) is 6.87. The average molecular weight is 282 g/mol. The van der Waals surface area contributed by atoms with Crippen molar-refractivity contribution < 1.29 is 4.79 Å². The van der Waals surface area contributed by atoms with Crippen molar-refractivity contribution in [2.45, 2.75) is 56.0 Å². The minimum atomic E-state index is -0.137. The fraction of sp³-hybridized carbons (Fsp3) is 0.769. The molecule has 1 aromatic rings. The molecule has 0 aromatic carbocycles. The van der Waals surface area contributed by atoms with Crippen molar-refractivity contribution in [1.29, 1.82) is 0 Å². The van der Waals surface area contributed by atoms with Gasteiger partial charge in [-0.3, -0.25) is 4.79 Å². The zero-order chi connectivity index (χ0) is 13.8. The van der Waals surface area contributed by atoms with E-state index in [9.17, 15) is 4.79 Å². The van der Waals surface area contributed by atoms with E-state index in [1.165, 1.54) is 24.6 Å². The van der Waals surface area contributed by atoms with E-state index in [4.69, 9.17) is 0 Å². The lowest BCUT2D eigenvalue weighted by molar-refractivity contribution is -0.121. The maximum absolute atomic E-state index is 12.1. The molecule has 0 spiro atoms. The van der Waals surface area contributed by atoms with Crippen molar-refractivity contribution in [2.75, 3.05) is 0 Å². The second-order valence-electron chi connectivity index (χ2n) is 5.45. The van der Waals surface area contributed by atoms with Crippen molar-refractivity contribution in [2.24, 2.45) is 13.0 Å². The molecule has 6 heteroatoms. The molecule has 5 nitrogen and oxygen atoms in total. The second kappa shape index (κ2) is 6.41. The minimum Gasteiger partial charge on any atom is -0.352 e. The Morgan fingerprint density at radius 3 is 2.74 bits per heavy atom. The first-order chi connectivity index (χ1) is 9.06. The monoisotopic (exact) mass is 282 g/mol. The molecule has 1 aliphatic carbocycles. The number of carbonyl (C=O) groups excluding carboxylic acids is 1. The van der Waals surface area contributed by atoms with Gasteiger partial charge >= 0.3 is 0 Å². The van der Waals surface area contributed by atoms with E-state index in [1.807, 2.05) is 18.5 Å². The Morgan fingerprint density at radius 2 is 2.16 bits per heavy atom. The molecule has 1 unspecified atom stereocenters. The van der Waals surface area contributed by atoms with E-state index in [0.29, 0.717) is 6.04 Å². The largest absolute Gasteiger partial charge is 0.352 e. The molecule has 0 saturated heterocycles. The Labute approximate surface area is 118 Å². The van der Waals surface area contributed by atoms with Gasteiger partial charge in [-0.05, 0) is 38.5 Å². The maximum atomic E-state index is 12.1. The van der Waals surface area contributed by atoms with Crippen molar-refractivity contribution in [3.63, 3.8) is 0 Å². The molecular formula is C13H22N4OS. The van der Waals surface area contributed by atoms with E-state index < -0.39 is 0 Å². The zero-order valence-electron chi connectivity index (χ0n) is 11.8. The number of thioether (sulfide) groups is 1. The normalized spacial score (nSPS) is 25.0. The van der Waals surface area contributed by atoms with Crippen LogP contribution >= 0.6 is 11.8 Å². The zero-order valence-corrected chi connectivity index (χ0v) is 12.6. The highest BCUT2D eigenvalue weighted by Crippen LogP contribution is 2.25. The number of nitrogens with one attached hydrogen (secondary N) is 1. The topological polar surface area (TPSA) is 59.8 Å². The summed E-state index contributed by atoms with van der Waals surface area (Å²) in [5.74, 6) is 0.908. The number of carbonyl (C=O) groups is 1. The standard InChI is InChI=1S/C13H22N4OS/c1-9-4-6-11(7-5-9)15-12(18)10(2)19-13-16-14-8-17(13)3/h8-11H,4-7H2,1-3H3,(H,15,18). The number of aromatic nitrogens is 3. The van der Waals surface area contributed by atoms with Crippen LogP contribution in [-0.2, 0) is 11.8 Å². The molecule has 1 atom stereocenters.